The number of carbonyl (C=O) groups excluding carboxylic acids is 1. The predicted octanol–water partition coefficient (Wildman–Crippen LogP) is 2.33. The van der Waals surface area contributed by atoms with Crippen LogP contribution in [-0.2, 0) is 11.3 Å². The van der Waals surface area contributed by atoms with E-state index in [1.54, 1.807) is 0 Å². The zero-order chi connectivity index (χ0) is 12.0. The number of hydrogen-bond acceptors (Lipinski definition) is 2. The van der Waals surface area contributed by atoms with Crippen LogP contribution in [-0.4, -0.2) is 19.0 Å². The highest BCUT2D eigenvalue weighted by Crippen LogP contribution is 2.20. The second-order valence-electron chi connectivity index (χ2n) is 3.29. The molecule has 0 heterocycles. The summed E-state index contributed by atoms with van der Waals surface area (Å²) in [4.78, 5) is 11.2. The first-order valence-electron chi connectivity index (χ1n) is 5.04. The van der Waals surface area contributed by atoms with E-state index in [0.717, 1.165) is 10.0 Å². The van der Waals surface area contributed by atoms with Crippen LogP contribution >= 0.6 is 27.5 Å². The van der Waals surface area contributed by atoms with Gasteiger partial charge in [0.15, 0.2) is 0 Å². The van der Waals surface area contributed by atoms with Crippen LogP contribution in [0.1, 0.15) is 12.5 Å². The van der Waals surface area contributed by atoms with Crippen molar-refractivity contribution in [3.8, 4) is 0 Å². The van der Waals surface area contributed by atoms with Crippen LogP contribution in [0.4, 0.5) is 0 Å². The molecule has 1 aromatic rings. The van der Waals surface area contributed by atoms with Crippen molar-refractivity contribution >= 4 is 33.4 Å². The van der Waals surface area contributed by atoms with Gasteiger partial charge < -0.3 is 10.6 Å². The quantitative estimate of drug-likeness (QED) is 0.876. The third-order valence-corrected chi connectivity index (χ3v) is 2.84. The van der Waals surface area contributed by atoms with Crippen molar-refractivity contribution < 1.29 is 4.79 Å². The summed E-state index contributed by atoms with van der Waals surface area (Å²) in [6.07, 6.45) is 0. The van der Waals surface area contributed by atoms with Crippen LogP contribution in [0.5, 0.6) is 0 Å². The highest BCUT2D eigenvalue weighted by Gasteiger charge is 2.02. The lowest BCUT2D eigenvalue weighted by atomic mass is 10.2. The molecule has 0 aliphatic carbocycles. The van der Waals surface area contributed by atoms with Gasteiger partial charge in [0.05, 0.1) is 6.54 Å². The van der Waals surface area contributed by atoms with Crippen molar-refractivity contribution in [2.75, 3.05) is 13.1 Å². The molecule has 3 nitrogen and oxygen atoms in total. The van der Waals surface area contributed by atoms with Gasteiger partial charge in [0.25, 0.3) is 0 Å². The van der Waals surface area contributed by atoms with Crippen LogP contribution in [0.15, 0.2) is 22.7 Å². The van der Waals surface area contributed by atoms with Crippen molar-refractivity contribution in [1.29, 1.82) is 0 Å². The largest absolute Gasteiger partial charge is 0.355 e. The average molecular weight is 306 g/mol. The molecule has 0 unspecified atom stereocenters. The molecular weight excluding hydrogens is 291 g/mol. The van der Waals surface area contributed by atoms with Crippen molar-refractivity contribution in [2.24, 2.45) is 0 Å². The van der Waals surface area contributed by atoms with E-state index in [9.17, 15) is 4.79 Å². The molecule has 1 amide bonds. The predicted molar refractivity (Wildman–Crippen MR) is 69.5 cm³/mol. The molecule has 1 rings (SSSR count). The lowest BCUT2D eigenvalue weighted by Crippen LogP contribution is -2.33. The Hall–Kier alpha value is -0.580. The highest BCUT2D eigenvalue weighted by molar-refractivity contribution is 9.10. The van der Waals surface area contributed by atoms with Gasteiger partial charge in [-0.25, -0.2) is 0 Å². The van der Waals surface area contributed by atoms with E-state index in [1.165, 1.54) is 0 Å². The van der Waals surface area contributed by atoms with E-state index in [-0.39, 0.29) is 5.91 Å². The molecule has 2 N–H and O–H groups in total. The minimum absolute atomic E-state index is 0.00591. The number of hydrogen-bond donors (Lipinski definition) is 2. The summed E-state index contributed by atoms with van der Waals surface area (Å²) in [6, 6.07) is 5.65. The summed E-state index contributed by atoms with van der Waals surface area (Å²) in [5, 5.41) is 6.45. The molecule has 0 fully saturated rings. The fourth-order valence-electron chi connectivity index (χ4n) is 1.25. The van der Waals surface area contributed by atoms with Gasteiger partial charge in [-0.1, -0.05) is 27.5 Å². The van der Waals surface area contributed by atoms with E-state index in [1.807, 2.05) is 25.1 Å². The van der Waals surface area contributed by atoms with E-state index in [4.69, 9.17) is 11.6 Å². The van der Waals surface area contributed by atoms with Crippen molar-refractivity contribution in [3.63, 3.8) is 0 Å². The molecular formula is C11H14BrClN2O. The number of likely N-dealkylation sites (N-methyl/N-ethyl adjacent to an activating group) is 1. The lowest BCUT2D eigenvalue weighted by Gasteiger charge is -2.07. The van der Waals surface area contributed by atoms with Crippen molar-refractivity contribution in [1.82, 2.24) is 10.6 Å². The van der Waals surface area contributed by atoms with Crippen LogP contribution in [0, 0.1) is 0 Å². The van der Waals surface area contributed by atoms with E-state index < -0.39 is 0 Å². The molecule has 0 radical (unpaired) electrons. The first-order chi connectivity index (χ1) is 7.63. The molecule has 5 heteroatoms. The molecule has 0 spiro atoms. The third-order valence-electron chi connectivity index (χ3n) is 1.98. The Bertz CT molecular complexity index is 371. The fourth-order valence-corrected chi connectivity index (χ4v) is 1.84. The van der Waals surface area contributed by atoms with E-state index >= 15 is 0 Å². The normalized spacial score (nSPS) is 10.2. The Kier molecular flexibility index (Phi) is 5.80. The zero-order valence-electron chi connectivity index (χ0n) is 9.02. The molecule has 0 aliphatic rings. The Balaban J connectivity index is 2.42. The number of rotatable bonds is 5. The summed E-state index contributed by atoms with van der Waals surface area (Å²) in [5.74, 6) is -0.00591. The van der Waals surface area contributed by atoms with Crippen LogP contribution in [0.3, 0.4) is 0 Å². The van der Waals surface area contributed by atoms with Gasteiger partial charge in [0, 0.05) is 22.6 Å². The van der Waals surface area contributed by atoms with Crippen LogP contribution in [0.25, 0.3) is 0 Å². The summed E-state index contributed by atoms with van der Waals surface area (Å²) < 4.78 is 0.978. The second-order valence-corrected chi connectivity index (χ2v) is 4.62. The molecule has 16 heavy (non-hydrogen) atoms. The highest BCUT2D eigenvalue weighted by atomic mass is 79.9. The average Bonchev–Trinajstić information content (AvgIpc) is 2.23. The van der Waals surface area contributed by atoms with Gasteiger partial charge in [-0.3, -0.25) is 4.79 Å². The lowest BCUT2D eigenvalue weighted by molar-refractivity contribution is -0.120. The fraction of sp³-hybridized carbons (Fsp3) is 0.364. The molecule has 1 aromatic carbocycles. The number of amides is 1. The second kappa shape index (κ2) is 6.89. The maximum absolute atomic E-state index is 11.2. The van der Waals surface area contributed by atoms with Gasteiger partial charge >= 0.3 is 0 Å². The molecule has 0 saturated carbocycles. The van der Waals surface area contributed by atoms with Crippen molar-refractivity contribution in [3.05, 3.63) is 33.3 Å². The molecule has 0 aromatic heterocycles. The first kappa shape index (κ1) is 13.5. The number of carbonyl (C=O) groups is 1. The van der Waals surface area contributed by atoms with Crippen molar-refractivity contribution in [2.45, 2.75) is 13.5 Å². The minimum atomic E-state index is -0.00591. The van der Waals surface area contributed by atoms with Gasteiger partial charge in [-0.05, 0) is 30.7 Å². The van der Waals surface area contributed by atoms with Crippen LogP contribution in [0.2, 0.25) is 5.02 Å². The molecule has 0 atom stereocenters. The summed E-state index contributed by atoms with van der Waals surface area (Å²) in [5.41, 5.74) is 0.973. The molecule has 0 aliphatic heterocycles. The monoisotopic (exact) mass is 304 g/mol. The third kappa shape index (κ3) is 4.51. The number of benzene rings is 1. The molecule has 0 saturated heterocycles. The van der Waals surface area contributed by atoms with E-state index in [2.05, 4.69) is 26.6 Å². The smallest absolute Gasteiger partial charge is 0.233 e. The Labute approximate surface area is 109 Å². The molecule has 0 bridgehead atoms. The topological polar surface area (TPSA) is 41.1 Å². The van der Waals surface area contributed by atoms with Crippen LogP contribution < -0.4 is 10.6 Å². The van der Waals surface area contributed by atoms with Gasteiger partial charge in [-0.15, -0.1) is 0 Å². The Morgan fingerprint density at radius 2 is 2.25 bits per heavy atom. The summed E-state index contributed by atoms with van der Waals surface area (Å²) in [7, 11) is 0. The zero-order valence-corrected chi connectivity index (χ0v) is 11.4. The SMILES string of the molecule is CCNC(=O)CNCc1cc(Br)ccc1Cl. The maximum Gasteiger partial charge on any atom is 0.233 e. The van der Waals surface area contributed by atoms with E-state index in [0.29, 0.717) is 24.7 Å². The maximum atomic E-state index is 11.2. The Morgan fingerprint density at radius 1 is 1.50 bits per heavy atom. The summed E-state index contributed by atoms with van der Waals surface area (Å²) in [6.45, 7) is 3.42. The van der Waals surface area contributed by atoms with Gasteiger partial charge in [-0.2, -0.15) is 0 Å². The summed E-state index contributed by atoms with van der Waals surface area (Å²) >= 11 is 9.39. The standard InChI is InChI=1S/C11H14BrClN2O/c1-2-15-11(16)7-14-6-8-5-9(12)3-4-10(8)13/h3-5,14H,2,6-7H2,1H3,(H,15,16). The Morgan fingerprint density at radius 3 is 2.94 bits per heavy atom. The van der Waals surface area contributed by atoms with Gasteiger partial charge in [0.1, 0.15) is 0 Å². The number of halogens is 2. The number of nitrogens with one attached hydrogen (secondary N) is 2. The molecule has 88 valence electrons. The minimum Gasteiger partial charge on any atom is -0.355 e. The first-order valence-corrected chi connectivity index (χ1v) is 6.22. The van der Waals surface area contributed by atoms with Gasteiger partial charge in [0.2, 0.25) is 5.91 Å².